The van der Waals surface area contributed by atoms with Crippen molar-refractivity contribution in [3.05, 3.63) is 72.9 Å². The number of aliphatic hydroxyl groups is 1. The normalized spacial score (nSPS) is 14.8. The fraction of sp³-hybridized carbons (Fsp3) is 0.688. The number of nitrogens with two attached hydrogens (primary N) is 1. The van der Waals surface area contributed by atoms with E-state index in [9.17, 15) is 28.9 Å². The molecule has 0 amide bonds. The van der Waals surface area contributed by atoms with Crippen LogP contribution in [-0.4, -0.2) is 71.1 Å². The van der Waals surface area contributed by atoms with E-state index in [1.807, 2.05) is 12.2 Å². The minimum absolute atomic E-state index is 0.0709. The van der Waals surface area contributed by atoms with Gasteiger partial charge in [0.15, 0.2) is 6.10 Å². The molecule has 12 nitrogen and oxygen atoms in total. The van der Waals surface area contributed by atoms with Gasteiger partial charge in [0, 0.05) is 12.8 Å². The zero-order chi connectivity index (χ0) is 45.1. The van der Waals surface area contributed by atoms with Crippen LogP contribution in [0.15, 0.2) is 72.9 Å². The molecule has 13 heteroatoms. The molecule has 0 saturated heterocycles. The summed E-state index contributed by atoms with van der Waals surface area (Å²) in [5.41, 5.74) is 5.33. The summed E-state index contributed by atoms with van der Waals surface area (Å²) in [6, 6.07) is -1.56. The second-order valence-electron chi connectivity index (χ2n) is 15.4. The maximum atomic E-state index is 12.7. The lowest BCUT2D eigenvalue weighted by atomic mass is 10.1. The maximum Gasteiger partial charge on any atom is 0.472 e. The number of aliphatic hydroxyl groups excluding tert-OH is 1. The number of carbonyl (C=O) groups is 3. The van der Waals surface area contributed by atoms with E-state index in [2.05, 4.69) is 67.0 Å². The van der Waals surface area contributed by atoms with Crippen molar-refractivity contribution >= 4 is 25.7 Å². The summed E-state index contributed by atoms with van der Waals surface area (Å²) < 4.78 is 32.6. The van der Waals surface area contributed by atoms with Crippen LogP contribution in [-0.2, 0) is 37.5 Å². The molecule has 0 aliphatic heterocycles. The molecule has 0 spiro atoms. The van der Waals surface area contributed by atoms with Gasteiger partial charge in [0.05, 0.1) is 19.3 Å². The van der Waals surface area contributed by atoms with Crippen LogP contribution in [0.25, 0.3) is 0 Å². The number of phosphoric ester groups is 1. The van der Waals surface area contributed by atoms with Crippen LogP contribution in [0, 0.1) is 0 Å². The molecule has 0 aromatic carbocycles. The number of ether oxygens (including phenoxy) is 2. The lowest BCUT2D eigenvalue weighted by Crippen LogP contribution is -2.34. The Hall–Kier alpha value is -3.12. The van der Waals surface area contributed by atoms with E-state index in [4.69, 9.17) is 24.8 Å². The number of aliphatic carboxylic acids is 1. The molecule has 0 bridgehead atoms. The Kier molecular flexibility index (Phi) is 40.0. The molecule has 0 aromatic heterocycles. The fourth-order valence-corrected chi connectivity index (χ4v) is 6.62. The number of hydrogen-bond acceptors (Lipinski definition) is 10. The van der Waals surface area contributed by atoms with Crippen molar-refractivity contribution in [2.75, 3.05) is 19.8 Å². The van der Waals surface area contributed by atoms with Crippen molar-refractivity contribution in [3.8, 4) is 0 Å². The van der Waals surface area contributed by atoms with Gasteiger partial charge in [0.25, 0.3) is 0 Å². The molecule has 61 heavy (non-hydrogen) atoms. The number of unbranched alkanes of at least 4 members (excludes halogenated alkanes) is 15. The summed E-state index contributed by atoms with van der Waals surface area (Å²) in [4.78, 5) is 46.1. The van der Waals surface area contributed by atoms with Crippen LogP contribution in [0.5, 0.6) is 0 Å². The van der Waals surface area contributed by atoms with E-state index in [1.165, 1.54) is 77.0 Å². The first-order valence-corrected chi connectivity index (χ1v) is 24.6. The molecule has 0 rings (SSSR count). The summed E-state index contributed by atoms with van der Waals surface area (Å²) in [6.07, 6.45) is 47.0. The predicted molar refractivity (Wildman–Crippen MR) is 246 cm³/mol. The Labute approximate surface area is 368 Å². The molecule has 0 aliphatic carbocycles. The highest BCUT2D eigenvalue weighted by Gasteiger charge is 2.28. The molecule has 0 saturated carbocycles. The number of allylic oxidation sites excluding steroid dienone is 11. The summed E-state index contributed by atoms with van der Waals surface area (Å²) >= 11 is 0. The van der Waals surface area contributed by atoms with Gasteiger partial charge in [-0.05, 0) is 77.0 Å². The van der Waals surface area contributed by atoms with Crippen LogP contribution >= 0.6 is 7.82 Å². The number of hydrogen-bond donors (Lipinski definition) is 4. The Bertz CT molecular complexity index is 1330. The second kappa shape index (κ2) is 42.2. The van der Waals surface area contributed by atoms with E-state index in [1.54, 1.807) is 12.2 Å². The van der Waals surface area contributed by atoms with E-state index < -0.39 is 63.8 Å². The highest BCUT2D eigenvalue weighted by molar-refractivity contribution is 7.47. The van der Waals surface area contributed by atoms with Crippen LogP contribution in [0.2, 0.25) is 0 Å². The summed E-state index contributed by atoms with van der Waals surface area (Å²) in [6.45, 7) is 2.55. The summed E-state index contributed by atoms with van der Waals surface area (Å²) in [7, 11) is -4.78. The average molecular weight is 880 g/mol. The average Bonchev–Trinajstić information content (AvgIpc) is 3.23. The van der Waals surface area contributed by atoms with Gasteiger partial charge in [-0.25, -0.2) is 4.57 Å². The van der Waals surface area contributed by atoms with Crippen LogP contribution in [0.4, 0.5) is 0 Å². The third kappa shape index (κ3) is 42.0. The number of esters is 2. The zero-order valence-corrected chi connectivity index (χ0v) is 38.5. The lowest BCUT2D eigenvalue weighted by molar-refractivity contribution is -0.161. The summed E-state index contributed by atoms with van der Waals surface area (Å²) in [5.74, 6) is -2.62. The predicted octanol–water partition coefficient (Wildman–Crippen LogP) is 11.5. The van der Waals surface area contributed by atoms with E-state index in [-0.39, 0.29) is 12.8 Å². The maximum absolute atomic E-state index is 12.7. The van der Waals surface area contributed by atoms with Crippen LogP contribution < -0.4 is 5.73 Å². The van der Waals surface area contributed by atoms with Crippen molar-refractivity contribution < 1.29 is 52.6 Å². The van der Waals surface area contributed by atoms with Crippen molar-refractivity contribution in [1.29, 1.82) is 0 Å². The Balaban J connectivity index is 4.51. The van der Waals surface area contributed by atoms with Gasteiger partial charge in [0.1, 0.15) is 12.6 Å². The van der Waals surface area contributed by atoms with E-state index in [0.29, 0.717) is 19.3 Å². The standard InChI is InChI=1S/C48H82NO11P/c1-3-5-7-9-11-13-15-17-18-19-20-21-22-24-26-28-30-32-34-38-46(51)57-40-44(41-58-61(55,56)59-42-45(49)48(53)54)60-47(52)39-35-37-43(50)36-33-31-29-27-25-23-16-14-12-10-8-6-4-2/h11-14,17-18,23,25,29,31,33,36,43-45,50H,3-10,15-16,19-22,24,26-28,30,32,34-35,37-42,49H2,1-2H3,(H,53,54)(H,55,56)/b13-11-,14-12-,18-17-,25-23-,31-29-,36-33+/t43-,44+,45-/m0/s1. The van der Waals surface area contributed by atoms with E-state index in [0.717, 1.165) is 51.4 Å². The van der Waals surface area contributed by atoms with Crippen molar-refractivity contribution in [2.45, 2.75) is 193 Å². The first-order valence-electron chi connectivity index (χ1n) is 23.1. The lowest BCUT2D eigenvalue weighted by Gasteiger charge is -2.20. The number of carbonyl (C=O) groups excluding carboxylic acids is 2. The van der Waals surface area contributed by atoms with Gasteiger partial charge in [-0.15, -0.1) is 0 Å². The van der Waals surface area contributed by atoms with Crippen molar-refractivity contribution in [2.24, 2.45) is 5.73 Å². The van der Waals surface area contributed by atoms with Gasteiger partial charge >= 0.3 is 25.7 Å². The SMILES string of the molecule is CCCCC/C=C\C/C=C\C/C=C\C=C\[C@H](O)CCCC(=O)O[C@H](COC(=O)CCCCCCCCCCC/C=C\C/C=C\CCCCC)COP(=O)(O)OC[C@H](N)C(=O)O. The molecule has 0 heterocycles. The molecule has 1 unspecified atom stereocenters. The second-order valence-corrected chi connectivity index (χ2v) is 16.8. The number of rotatable bonds is 42. The third-order valence-corrected chi connectivity index (χ3v) is 10.5. The summed E-state index contributed by atoms with van der Waals surface area (Å²) in [5, 5.41) is 19.2. The van der Waals surface area contributed by atoms with Gasteiger partial charge in [-0.3, -0.25) is 23.4 Å². The number of carboxylic acid groups (broad SMARTS) is 1. The van der Waals surface area contributed by atoms with Gasteiger partial charge in [-0.1, -0.05) is 157 Å². The fourth-order valence-electron chi connectivity index (χ4n) is 5.84. The highest BCUT2D eigenvalue weighted by Crippen LogP contribution is 2.43. The van der Waals surface area contributed by atoms with Crippen molar-refractivity contribution in [1.82, 2.24) is 0 Å². The smallest absolute Gasteiger partial charge is 0.472 e. The van der Waals surface area contributed by atoms with E-state index >= 15 is 0 Å². The largest absolute Gasteiger partial charge is 0.480 e. The molecule has 0 radical (unpaired) electrons. The first kappa shape index (κ1) is 57.9. The highest BCUT2D eigenvalue weighted by atomic mass is 31.2. The molecule has 350 valence electrons. The Morgan fingerprint density at radius 1 is 0.590 bits per heavy atom. The third-order valence-electron chi connectivity index (χ3n) is 9.53. The first-order chi connectivity index (χ1) is 29.5. The van der Waals surface area contributed by atoms with Gasteiger partial charge < -0.3 is 30.3 Å². The Morgan fingerprint density at radius 3 is 1.62 bits per heavy atom. The Morgan fingerprint density at radius 2 is 1.07 bits per heavy atom. The molecule has 0 aliphatic rings. The number of carboxylic acids is 1. The molecular weight excluding hydrogens is 797 g/mol. The minimum Gasteiger partial charge on any atom is -0.480 e. The number of phosphoric acid groups is 1. The molecule has 0 aromatic rings. The molecule has 5 N–H and O–H groups in total. The minimum atomic E-state index is -4.78. The quantitative estimate of drug-likeness (QED) is 0.0149. The topological polar surface area (TPSA) is 192 Å². The molecule has 4 atom stereocenters. The van der Waals surface area contributed by atoms with Gasteiger partial charge in [0.2, 0.25) is 0 Å². The van der Waals surface area contributed by atoms with Crippen LogP contribution in [0.3, 0.4) is 0 Å². The molecule has 0 fully saturated rings. The molecular formula is C48H82NO11P. The van der Waals surface area contributed by atoms with Gasteiger partial charge in [-0.2, -0.15) is 0 Å². The van der Waals surface area contributed by atoms with Crippen molar-refractivity contribution in [3.63, 3.8) is 0 Å². The zero-order valence-electron chi connectivity index (χ0n) is 37.6. The monoisotopic (exact) mass is 880 g/mol. The van der Waals surface area contributed by atoms with Crippen LogP contribution in [0.1, 0.15) is 174 Å².